The summed E-state index contributed by atoms with van der Waals surface area (Å²) in [5.41, 5.74) is 1.55. The number of methoxy groups -OCH3 is 1. The summed E-state index contributed by atoms with van der Waals surface area (Å²) in [4.78, 5) is 27.5. The molecule has 0 N–H and O–H groups in total. The third-order valence-corrected chi connectivity index (χ3v) is 5.33. The fourth-order valence-electron chi connectivity index (χ4n) is 3.92. The highest BCUT2D eigenvalue weighted by Crippen LogP contribution is 2.48. The Morgan fingerprint density at radius 3 is 2.39 bits per heavy atom. The first kappa shape index (κ1) is 19.0. The molecule has 0 unspecified atom stereocenters. The molecule has 8 nitrogen and oxygen atoms in total. The highest BCUT2D eigenvalue weighted by molar-refractivity contribution is 6.18. The van der Waals surface area contributed by atoms with Crippen LogP contribution in [0.3, 0.4) is 0 Å². The van der Waals surface area contributed by atoms with E-state index in [-0.39, 0.29) is 30.6 Å². The van der Waals surface area contributed by atoms with Crippen molar-refractivity contribution in [2.75, 3.05) is 34.8 Å². The third-order valence-electron chi connectivity index (χ3n) is 5.33. The highest BCUT2D eigenvalue weighted by Gasteiger charge is 2.30. The summed E-state index contributed by atoms with van der Waals surface area (Å²) < 4.78 is 27.4. The number of ether oxygens (including phenoxy) is 5. The molecule has 8 heteroatoms. The van der Waals surface area contributed by atoms with Crippen LogP contribution in [-0.4, -0.2) is 51.6 Å². The molecule has 0 saturated carbocycles. The van der Waals surface area contributed by atoms with Gasteiger partial charge < -0.3 is 28.6 Å². The zero-order valence-corrected chi connectivity index (χ0v) is 17.2. The molecule has 0 bridgehead atoms. The van der Waals surface area contributed by atoms with Crippen LogP contribution in [0.5, 0.6) is 23.0 Å². The molecular formula is C23H19NO7. The van der Waals surface area contributed by atoms with E-state index in [9.17, 15) is 9.59 Å². The van der Waals surface area contributed by atoms with Crippen LogP contribution in [0.15, 0.2) is 36.4 Å². The summed E-state index contributed by atoms with van der Waals surface area (Å²) >= 11 is 0. The fraction of sp³-hybridized carbons (Fsp3) is 0.217. The van der Waals surface area contributed by atoms with E-state index in [2.05, 4.69) is 0 Å². The molecule has 0 aromatic heterocycles. The average Bonchev–Trinajstić information content (AvgIpc) is 3.45. The smallest absolute Gasteiger partial charge is 0.339 e. The van der Waals surface area contributed by atoms with Crippen LogP contribution in [0.25, 0.3) is 21.9 Å². The van der Waals surface area contributed by atoms with Gasteiger partial charge in [-0.2, -0.15) is 0 Å². The number of amides is 1. The van der Waals surface area contributed by atoms with Crippen LogP contribution in [0.2, 0.25) is 0 Å². The quantitative estimate of drug-likeness (QED) is 0.599. The van der Waals surface area contributed by atoms with Gasteiger partial charge in [-0.1, -0.05) is 12.1 Å². The Hall–Kier alpha value is -3.94. The maximum Gasteiger partial charge on any atom is 0.339 e. The summed E-state index contributed by atoms with van der Waals surface area (Å²) in [6.07, 6.45) is 0. The molecule has 0 radical (unpaired) electrons. The number of hydrogen-bond donors (Lipinski definition) is 0. The zero-order valence-electron chi connectivity index (χ0n) is 17.2. The second-order valence-corrected chi connectivity index (χ2v) is 7.33. The molecule has 0 atom stereocenters. The van der Waals surface area contributed by atoms with E-state index >= 15 is 0 Å². The van der Waals surface area contributed by atoms with Gasteiger partial charge in [0.25, 0.3) is 5.91 Å². The van der Waals surface area contributed by atoms with Gasteiger partial charge in [0.05, 0.1) is 18.2 Å². The van der Waals surface area contributed by atoms with Gasteiger partial charge in [-0.25, -0.2) is 4.79 Å². The van der Waals surface area contributed by atoms with E-state index in [0.29, 0.717) is 39.5 Å². The van der Waals surface area contributed by atoms with Crippen LogP contribution in [0, 0.1) is 0 Å². The Kier molecular flexibility index (Phi) is 4.35. The Morgan fingerprint density at radius 1 is 0.903 bits per heavy atom. The van der Waals surface area contributed by atoms with Gasteiger partial charge in [-0.15, -0.1) is 0 Å². The number of nitrogens with zero attached hydrogens (tertiary/aromatic N) is 1. The molecule has 158 valence electrons. The van der Waals surface area contributed by atoms with Crippen LogP contribution in [0.1, 0.15) is 20.7 Å². The largest absolute Gasteiger partial charge is 0.465 e. The van der Waals surface area contributed by atoms with E-state index < -0.39 is 5.97 Å². The molecule has 0 spiro atoms. The molecule has 2 heterocycles. The lowest BCUT2D eigenvalue weighted by Crippen LogP contribution is -2.25. The second-order valence-electron chi connectivity index (χ2n) is 7.33. The number of carbonyl (C=O) groups excluding carboxylic acids is 2. The van der Waals surface area contributed by atoms with Gasteiger partial charge in [-0.05, 0) is 35.2 Å². The second kappa shape index (κ2) is 7.09. The van der Waals surface area contributed by atoms with Crippen molar-refractivity contribution < 1.29 is 33.3 Å². The Morgan fingerprint density at radius 2 is 1.61 bits per heavy atom. The molecule has 2 aliphatic heterocycles. The molecule has 0 fully saturated rings. The number of hydrogen-bond acceptors (Lipinski definition) is 7. The van der Waals surface area contributed by atoms with Crippen LogP contribution in [-0.2, 0) is 4.74 Å². The van der Waals surface area contributed by atoms with Crippen molar-refractivity contribution >= 4 is 22.6 Å². The number of benzene rings is 3. The lowest BCUT2D eigenvalue weighted by Gasteiger charge is -2.20. The zero-order chi connectivity index (χ0) is 21.7. The fourth-order valence-corrected chi connectivity index (χ4v) is 3.92. The molecule has 2 aliphatic rings. The van der Waals surface area contributed by atoms with Crippen LogP contribution >= 0.6 is 0 Å². The molecule has 3 aromatic carbocycles. The maximum atomic E-state index is 13.1. The minimum Gasteiger partial charge on any atom is -0.465 e. The number of esters is 1. The van der Waals surface area contributed by atoms with Crippen molar-refractivity contribution in [3.8, 4) is 34.1 Å². The molecular weight excluding hydrogens is 402 g/mol. The molecule has 1 amide bonds. The predicted octanol–water partition coefficient (Wildman–Crippen LogP) is 3.45. The number of fused-ring (bicyclic) bond motifs is 4. The van der Waals surface area contributed by atoms with Gasteiger partial charge in [-0.3, -0.25) is 4.79 Å². The molecule has 0 aliphatic carbocycles. The first-order chi connectivity index (χ1) is 15.0. The van der Waals surface area contributed by atoms with Crippen molar-refractivity contribution in [3.05, 3.63) is 47.5 Å². The van der Waals surface area contributed by atoms with Crippen molar-refractivity contribution in [1.29, 1.82) is 0 Å². The van der Waals surface area contributed by atoms with E-state index in [4.69, 9.17) is 23.7 Å². The minimum atomic E-state index is -0.628. The Balaban J connectivity index is 1.93. The predicted molar refractivity (Wildman–Crippen MR) is 111 cm³/mol. The van der Waals surface area contributed by atoms with Crippen molar-refractivity contribution in [2.24, 2.45) is 0 Å². The molecule has 0 saturated heterocycles. The summed E-state index contributed by atoms with van der Waals surface area (Å²) in [5.74, 6) is 1.29. The van der Waals surface area contributed by atoms with Gasteiger partial charge in [0.15, 0.2) is 23.0 Å². The van der Waals surface area contributed by atoms with E-state index in [0.717, 1.165) is 5.39 Å². The van der Waals surface area contributed by atoms with Gasteiger partial charge in [0, 0.05) is 25.0 Å². The first-order valence-corrected chi connectivity index (χ1v) is 9.59. The maximum absolute atomic E-state index is 13.1. The molecule has 3 aromatic rings. The Labute approximate surface area is 177 Å². The lowest BCUT2D eigenvalue weighted by atomic mass is 9.88. The van der Waals surface area contributed by atoms with Crippen molar-refractivity contribution in [1.82, 2.24) is 4.90 Å². The summed E-state index contributed by atoms with van der Waals surface area (Å²) in [6.45, 7) is 0.190. The normalized spacial score (nSPS) is 13.4. The summed E-state index contributed by atoms with van der Waals surface area (Å²) in [5, 5.41) is 1.39. The summed E-state index contributed by atoms with van der Waals surface area (Å²) in [7, 11) is 4.55. The van der Waals surface area contributed by atoms with Gasteiger partial charge >= 0.3 is 5.97 Å². The SMILES string of the molecule is COC(=O)c1c(C(=O)N(C)C)cc2ccc3c(c2c1-c1ccc2c(c1)OCO2)OCO3. The van der Waals surface area contributed by atoms with Crippen LogP contribution < -0.4 is 18.9 Å². The van der Waals surface area contributed by atoms with E-state index in [1.165, 1.54) is 12.0 Å². The lowest BCUT2D eigenvalue weighted by molar-refractivity contribution is 0.0594. The molecule has 31 heavy (non-hydrogen) atoms. The molecule has 5 rings (SSSR count). The van der Waals surface area contributed by atoms with Crippen molar-refractivity contribution in [3.63, 3.8) is 0 Å². The highest BCUT2D eigenvalue weighted by atomic mass is 16.7. The van der Waals surface area contributed by atoms with Crippen molar-refractivity contribution in [2.45, 2.75) is 0 Å². The van der Waals surface area contributed by atoms with Crippen LogP contribution in [0.4, 0.5) is 0 Å². The Bertz CT molecular complexity index is 1250. The standard InChI is InChI=1S/C23H19NO7/c1-24(2)22(25)14-8-12-5-7-16-21(31-11-29-16)19(12)18(20(14)23(26)27-3)13-4-6-15-17(9-13)30-10-28-15/h4-9H,10-11H2,1-3H3. The average molecular weight is 421 g/mol. The van der Waals surface area contributed by atoms with E-state index in [1.807, 2.05) is 12.1 Å². The van der Waals surface area contributed by atoms with E-state index in [1.54, 1.807) is 38.4 Å². The topological polar surface area (TPSA) is 83.5 Å². The first-order valence-electron chi connectivity index (χ1n) is 9.59. The monoisotopic (exact) mass is 421 g/mol. The summed E-state index contributed by atoms with van der Waals surface area (Å²) in [6, 6.07) is 10.7. The number of carbonyl (C=O) groups is 2. The van der Waals surface area contributed by atoms with Gasteiger partial charge in [0.1, 0.15) is 0 Å². The number of rotatable bonds is 3. The third kappa shape index (κ3) is 2.91. The minimum absolute atomic E-state index is 0.0704. The van der Waals surface area contributed by atoms with Gasteiger partial charge in [0.2, 0.25) is 13.6 Å².